The lowest BCUT2D eigenvalue weighted by atomic mass is 9.76. The molecule has 0 aliphatic heterocycles. The second-order valence-electron chi connectivity index (χ2n) is 4.56. The Morgan fingerprint density at radius 2 is 2.07 bits per heavy atom. The normalized spacial score (nSPS) is 22.6. The van der Waals surface area contributed by atoms with Crippen LogP contribution in [0.15, 0.2) is 35.5 Å². The largest absolute Gasteiger partial charge is 0.389 e. The first-order valence-electron chi connectivity index (χ1n) is 5.16. The van der Waals surface area contributed by atoms with Gasteiger partial charge in [-0.2, -0.15) is 0 Å². The van der Waals surface area contributed by atoms with Crippen molar-refractivity contribution < 1.29 is 9.90 Å². The molecule has 82 valence electrons. The lowest BCUT2D eigenvalue weighted by Crippen LogP contribution is -2.19. The fourth-order valence-corrected chi connectivity index (χ4v) is 1.69. The third-order valence-corrected chi connectivity index (χ3v) is 2.66. The predicted molar refractivity (Wildman–Crippen MR) is 61.4 cm³/mol. The molecule has 1 unspecified atom stereocenters. The number of aliphatic hydroxyl groups excluding tert-OH is 1. The van der Waals surface area contributed by atoms with Crippen LogP contribution in [0.3, 0.4) is 0 Å². The average molecular weight is 206 g/mol. The number of aliphatic hydroxyl groups is 1. The van der Waals surface area contributed by atoms with Gasteiger partial charge in [0.1, 0.15) is 0 Å². The molecule has 2 nitrogen and oxygen atoms in total. The molecule has 1 aliphatic carbocycles. The number of hydrogen-bond donors (Lipinski definition) is 1. The summed E-state index contributed by atoms with van der Waals surface area (Å²) < 4.78 is 0. The topological polar surface area (TPSA) is 37.3 Å². The summed E-state index contributed by atoms with van der Waals surface area (Å²) in [5, 5.41) is 9.19. The lowest BCUT2D eigenvalue weighted by molar-refractivity contribution is -0.111. The van der Waals surface area contributed by atoms with Crippen molar-refractivity contribution in [2.75, 3.05) is 0 Å². The molecule has 0 saturated carbocycles. The second-order valence-corrected chi connectivity index (χ2v) is 4.56. The Bertz CT molecular complexity index is 355. The van der Waals surface area contributed by atoms with E-state index in [0.29, 0.717) is 0 Å². The van der Waals surface area contributed by atoms with Crippen LogP contribution in [-0.2, 0) is 4.79 Å². The molecule has 1 N–H and O–H groups in total. The summed E-state index contributed by atoms with van der Waals surface area (Å²) in [7, 11) is 0. The van der Waals surface area contributed by atoms with Gasteiger partial charge >= 0.3 is 0 Å². The maximum absolute atomic E-state index is 11.5. The van der Waals surface area contributed by atoms with Crippen molar-refractivity contribution in [3.05, 3.63) is 35.5 Å². The molecule has 0 aromatic heterocycles. The van der Waals surface area contributed by atoms with Gasteiger partial charge in [0.2, 0.25) is 0 Å². The molecule has 0 saturated heterocycles. The summed E-state index contributed by atoms with van der Waals surface area (Å²) in [6, 6.07) is 0. The Kier molecular flexibility index (Phi) is 3.30. The van der Waals surface area contributed by atoms with Crippen molar-refractivity contribution in [3.63, 3.8) is 0 Å². The lowest BCUT2D eigenvalue weighted by Gasteiger charge is -2.27. The van der Waals surface area contributed by atoms with Gasteiger partial charge in [0.25, 0.3) is 0 Å². The van der Waals surface area contributed by atoms with Crippen LogP contribution in [0, 0.1) is 5.41 Å². The van der Waals surface area contributed by atoms with Gasteiger partial charge < -0.3 is 5.11 Å². The quantitative estimate of drug-likeness (QED) is 0.753. The molecule has 1 aliphatic rings. The molecule has 0 aromatic rings. The number of carbonyl (C=O) groups is 1. The molecule has 0 fully saturated rings. The summed E-state index contributed by atoms with van der Waals surface area (Å²) in [5.74, 6) is 0.0552. The molecule has 0 spiro atoms. The van der Waals surface area contributed by atoms with E-state index < -0.39 is 6.10 Å². The van der Waals surface area contributed by atoms with E-state index in [-0.39, 0.29) is 11.2 Å². The monoisotopic (exact) mass is 206 g/mol. The number of hydrogen-bond acceptors (Lipinski definition) is 2. The minimum absolute atomic E-state index is 0.0552. The molecule has 0 radical (unpaired) electrons. The van der Waals surface area contributed by atoms with Crippen molar-refractivity contribution in [1.29, 1.82) is 0 Å². The predicted octanol–water partition coefficient (Wildman–Crippen LogP) is 2.41. The van der Waals surface area contributed by atoms with Crippen LogP contribution in [0.2, 0.25) is 0 Å². The fraction of sp³-hybridized carbons (Fsp3) is 0.462. The van der Waals surface area contributed by atoms with E-state index in [4.69, 9.17) is 0 Å². The Labute approximate surface area is 91.0 Å². The molecule has 0 bridgehead atoms. The third kappa shape index (κ3) is 2.66. The molecule has 15 heavy (non-hydrogen) atoms. The standard InChI is InChI=1S/C13H18O2/c1-9(14)5-6-11-10(2)12(15)7-8-13(11,3)4/h5-9,14H,1-4H3/b6-5+. The molecule has 0 amide bonds. The number of ketones is 1. The Hall–Kier alpha value is -1.15. The molecule has 2 heteroatoms. The van der Waals surface area contributed by atoms with E-state index in [2.05, 4.69) is 13.8 Å². The van der Waals surface area contributed by atoms with Gasteiger partial charge in [-0.05, 0) is 25.5 Å². The van der Waals surface area contributed by atoms with Crippen LogP contribution < -0.4 is 0 Å². The highest BCUT2D eigenvalue weighted by Gasteiger charge is 2.26. The van der Waals surface area contributed by atoms with Crippen molar-refractivity contribution in [2.24, 2.45) is 5.41 Å². The van der Waals surface area contributed by atoms with E-state index in [0.717, 1.165) is 11.1 Å². The van der Waals surface area contributed by atoms with E-state index in [1.54, 1.807) is 19.1 Å². The van der Waals surface area contributed by atoms with Crippen LogP contribution >= 0.6 is 0 Å². The van der Waals surface area contributed by atoms with Gasteiger partial charge in [-0.1, -0.05) is 32.1 Å². The summed E-state index contributed by atoms with van der Waals surface area (Å²) in [6.07, 6.45) is 6.59. The maximum Gasteiger partial charge on any atom is 0.181 e. The summed E-state index contributed by atoms with van der Waals surface area (Å²) in [5.41, 5.74) is 1.61. The van der Waals surface area contributed by atoms with Gasteiger partial charge in [0.05, 0.1) is 6.10 Å². The highest BCUT2D eigenvalue weighted by atomic mass is 16.3. The van der Waals surface area contributed by atoms with Crippen LogP contribution in [0.4, 0.5) is 0 Å². The molecule has 0 heterocycles. The van der Waals surface area contributed by atoms with Gasteiger partial charge in [0, 0.05) is 11.0 Å². The van der Waals surface area contributed by atoms with Gasteiger partial charge in [0.15, 0.2) is 5.78 Å². The van der Waals surface area contributed by atoms with Crippen molar-refractivity contribution >= 4 is 5.78 Å². The van der Waals surface area contributed by atoms with Crippen molar-refractivity contribution in [2.45, 2.75) is 33.8 Å². The van der Waals surface area contributed by atoms with Gasteiger partial charge in [-0.15, -0.1) is 0 Å². The zero-order chi connectivity index (χ0) is 11.6. The highest BCUT2D eigenvalue weighted by Crippen LogP contribution is 2.35. The van der Waals surface area contributed by atoms with Crippen LogP contribution in [0.5, 0.6) is 0 Å². The summed E-state index contributed by atoms with van der Waals surface area (Å²) in [6.45, 7) is 7.64. The number of rotatable bonds is 2. The first-order valence-corrected chi connectivity index (χ1v) is 5.16. The Balaban J connectivity index is 3.10. The molecule has 1 atom stereocenters. The third-order valence-electron chi connectivity index (χ3n) is 2.66. The van der Waals surface area contributed by atoms with Gasteiger partial charge in [-0.25, -0.2) is 0 Å². The zero-order valence-electron chi connectivity index (χ0n) is 9.74. The minimum atomic E-state index is -0.484. The Morgan fingerprint density at radius 3 is 2.60 bits per heavy atom. The van der Waals surface area contributed by atoms with E-state index in [1.807, 2.05) is 19.1 Å². The molecular weight excluding hydrogens is 188 g/mol. The first-order chi connectivity index (χ1) is 6.84. The SMILES string of the molecule is CC1=C(/C=C/C(C)O)C(C)(C)C=CC1=O. The average Bonchev–Trinajstić information content (AvgIpc) is 2.11. The van der Waals surface area contributed by atoms with E-state index >= 15 is 0 Å². The maximum atomic E-state index is 11.5. The summed E-state index contributed by atoms with van der Waals surface area (Å²) in [4.78, 5) is 11.5. The molecule has 1 rings (SSSR count). The van der Waals surface area contributed by atoms with E-state index in [1.165, 1.54) is 0 Å². The number of carbonyl (C=O) groups excluding carboxylic acids is 1. The summed E-state index contributed by atoms with van der Waals surface area (Å²) >= 11 is 0. The minimum Gasteiger partial charge on any atom is -0.389 e. The second kappa shape index (κ2) is 4.15. The number of allylic oxidation sites excluding steroid dienone is 5. The van der Waals surface area contributed by atoms with Crippen LogP contribution in [0.25, 0.3) is 0 Å². The fourth-order valence-electron chi connectivity index (χ4n) is 1.69. The molecular formula is C13H18O2. The van der Waals surface area contributed by atoms with Crippen LogP contribution in [-0.4, -0.2) is 17.0 Å². The Morgan fingerprint density at radius 1 is 1.47 bits per heavy atom. The smallest absolute Gasteiger partial charge is 0.181 e. The van der Waals surface area contributed by atoms with Crippen molar-refractivity contribution in [3.8, 4) is 0 Å². The van der Waals surface area contributed by atoms with Crippen molar-refractivity contribution in [1.82, 2.24) is 0 Å². The zero-order valence-corrected chi connectivity index (χ0v) is 9.74. The van der Waals surface area contributed by atoms with Crippen LogP contribution in [0.1, 0.15) is 27.7 Å². The highest BCUT2D eigenvalue weighted by molar-refractivity contribution is 6.05. The first kappa shape index (κ1) is 11.9. The van der Waals surface area contributed by atoms with E-state index in [9.17, 15) is 9.90 Å². The molecule has 0 aromatic carbocycles. The van der Waals surface area contributed by atoms with Gasteiger partial charge in [-0.3, -0.25) is 4.79 Å².